The number of carbonyl (C=O) groups is 1. The van der Waals surface area contributed by atoms with E-state index in [1.165, 1.54) is 18.3 Å². The molecule has 0 fully saturated rings. The van der Waals surface area contributed by atoms with Crippen LogP contribution in [0.2, 0.25) is 0 Å². The lowest BCUT2D eigenvalue weighted by molar-refractivity contribution is -0.114. The predicted octanol–water partition coefficient (Wildman–Crippen LogP) is 4.05. The Morgan fingerprint density at radius 2 is 1.81 bits per heavy atom. The Morgan fingerprint density at radius 3 is 2.47 bits per heavy atom. The van der Waals surface area contributed by atoms with Gasteiger partial charge in [0.15, 0.2) is 10.6 Å². The van der Waals surface area contributed by atoms with E-state index in [1.807, 2.05) is 92.7 Å². The molecular formula is C29H27N3O3S. The molecule has 6 nitrogen and oxygen atoms in total. The van der Waals surface area contributed by atoms with Crippen LogP contribution in [0, 0.1) is 0 Å². The van der Waals surface area contributed by atoms with Crippen molar-refractivity contribution in [1.29, 1.82) is 0 Å². The zero-order valence-corrected chi connectivity index (χ0v) is 21.7. The van der Waals surface area contributed by atoms with Crippen LogP contribution in [0.25, 0.3) is 16.8 Å². The van der Waals surface area contributed by atoms with Gasteiger partial charge in [-0.05, 0) is 54.5 Å². The van der Waals surface area contributed by atoms with Crippen molar-refractivity contribution in [1.82, 2.24) is 4.57 Å². The molecule has 1 aliphatic heterocycles. The normalized spacial score (nSPS) is 15.6. The van der Waals surface area contributed by atoms with Gasteiger partial charge < -0.3 is 9.64 Å². The Hall–Kier alpha value is -3.97. The first-order valence-electron chi connectivity index (χ1n) is 11.7. The zero-order valence-electron chi connectivity index (χ0n) is 20.9. The first kappa shape index (κ1) is 23.8. The molecule has 0 aliphatic carbocycles. The van der Waals surface area contributed by atoms with Gasteiger partial charge in [0, 0.05) is 36.6 Å². The first-order chi connectivity index (χ1) is 17.3. The largest absolute Gasteiger partial charge is 0.496 e. The topological polar surface area (TPSA) is 63.9 Å². The van der Waals surface area contributed by atoms with Gasteiger partial charge in [-0.15, -0.1) is 0 Å². The Balaban J connectivity index is 1.80. The van der Waals surface area contributed by atoms with Crippen molar-refractivity contribution >= 4 is 39.7 Å². The highest BCUT2D eigenvalue weighted by molar-refractivity contribution is 7.07. The molecule has 5 rings (SSSR count). The van der Waals surface area contributed by atoms with Gasteiger partial charge in [0.2, 0.25) is 0 Å². The van der Waals surface area contributed by atoms with E-state index in [9.17, 15) is 9.59 Å². The second-order valence-electron chi connectivity index (χ2n) is 9.03. The van der Waals surface area contributed by atoms with Crippen LogP contribution in [0.4, 0.5) is 5.69 Å². The molecule has 0 amide bonds. The second kappa shape index (κ2) is 9.24. The predicted molar refractivity (Wildman–Crippen MR) is 146 cm³/mol. The van der Waals surface area contributed by atoms with Crippen molar-refractivity contribution in [2.24, 2.45) is 4.99 Å². The third kappa shape index (κ3) is 3.95. The van der Waals surface area contributed by atoms with Gasteiger partial charge in [0.05, 0.1) is 17.7 Å². The number of rotatable bonds is 5. The van der Waals surface area contributed by atoms with E-state index in [4.69, 9.17) is 9.73 Å². The third-order valence-electron chi connectivity index (χ3n) is 6.53. The monoisotopic (exact) mass is 497 g/mol. The van der Waals surface area contributed by atoms with Crippen LogP contribution >= 0.6 is 11.3 Å². The van der Waals surface area contributed by atoms with E-state index in [0.717, 1.165) is 27.6 Å². The minimum Gasteiger partial charge on any atom is -0.496 e. The number of hydrogen-bond donors (Lipinski definition) is 0. The highest BCUT2D eigenvalue weighted by Gasteiger charge is 2.33. The van der Waals surface area contributed by atoms with Gasteiger partial charge in [0.1, 0.15) is 5.75 Å². The van der Waals surface area contributed by atoms with E-state index in [1.54, 1.807) is 11.7 Å². The summed E-state index contributed by atoms with van der Waals surface area (Å²) < 4.78 is 7.98. The van der Waals surface area contributed by atoms with Crippen LogP contribution in [0.1, 0.15) is 31.0 Å². The maximum atomic E-state index is 13.9. The van der Waals surface area contributed by atoms with Crippen molar-refractivity contribution in [2.45, 2.75) is 19.9 Å². The van der Waals surface area contributed by atoms with Gasteiger partial charge in [-0.1, -0.05) is 53.8 Å². The number of methoxy groups -OCH3 is 1. The van der Waals surface area contributed by atoms with Gasteiger partial charge >= 0.3 is 0 Å². The third-order valence-corrected chi connectivity index (χ3v) is 7.52. The number of anilines is 1. The molecule has 1 aromatic heterocycles. The molecule has 36 heavy (non-hydrogen) atoms. The van der Waals surface area contributed by atoms with E-state index in [0.29, 0.717) is 26.4 Å². The minimum absolute atomic E-state index is 0.121. The van der Waals surface area contributed by atoms with Crippen LogP contribution in [0.3, 0.4) is 0 Å². The molecule has 3 aromatic carbocycles. The number of nitrogens with zero attached hydrogens (tertiary/aromatic N) is 3. The molecule has 0 N–H and O–H groups in total. The van der Waals surface area contributed by atoms with Crippen molar-refractivity contribution < 1.29 is 9.53 Å². The van der Waals surface area contributed by atoms with Crippen molar-refractivity contribution in [3.8, 4) is 5.75 Å². The van der Waals surface area contributed by atoms with Crippen LogP contribution in [-0.2, 0) is 4.79 Å². The summed E-state index contributed by atoms with van der Waals surface area (Å²) >= 11 is 1.33. The van der Waals surface area contributed by atoms with E-state index < -0.39 is 6.04 Å². The number of allylic oxidation sites excluding steroid dienone is 2. The molecule has 4 aromatic rings. The lowest BCUT2D eigenvalue weighted by Gasteiger charge is -2.27. The van der Waals surface area contributed by atoms with Gasteiger partial charge in [-0.25, -0.2) is 4.99 Å². The van der Waals surface area contributed by atoms with E-state index >= 15 is 0 Å². The maximum absolute atomic E-state index is 13.9. The van der Waals surface area contributed by atoms with Crippen molar-refractivity contribution in [3.05, 3.63) is 103 Å². The Kier molecular flexibility index (Phi) is 6.10. The van der Waals surface area contributed by atoms with Gasteiger partial charge in [0.25, 0.3) is 5.56 Å². The molecule has 182 valence electrons. The zero-order chi connectivity index (χ0) is 25.6. The molecule has 1 aliphatic rings. The van der Waals surface area contributed by atoms with E-state index in [-0.39, 0.29) is 11.3 Å². The van der Waals surface area contributed by atoms with Crippen molar-refractivity contribution in [3.63, 3.8) is 0 Å². The molecule has 0 saturated heterocycles. The number of thiazole rings is 1. The molecular weight excluding hydrogens is 470 g/mol. The molecule has 1 atom stereocenters. The lowest BCUT2D eigenvalue weighted by Crippen LogP contribution is -2.39. The van der Waals surface area contributed by atoms with Crippen molar-refractivity contribution in [2.75, 3.05) is 26.1 Å². The number of fused-ring (bicyclic) bond motifs is 2. The molecule has 0 bridgehead atoms. The lowest BCUT2D eigenvalue weighted by atomic mass is 9.89. The summed E-state index contributed by atoms with van der Waals surface area (Å²) in [6.45, 7) is 3.36. The summed E-state index contributed by atoms with van der Waals surface area (Å²) in [5.74, 6) is 0.505. The highest BCUT2D eigenvalue weighted by Crippen LogP contribution is 2.40. The molecule has 0 saturated carbocycles. The number of hydrogen-bond acceptors (Lipinski definition) is 6. The Labute approximate surface area is 213 Å². The quantitative estimate of drug-likeness (QED) is 0.417. The van der Waals surface area contributed by atoms with Crippen LogP contribution in [0.15, 0.2) is 81.7 Å². The number of ether oxygens (including phenoxy) is 1. The molecule has 0 unspecified atom stereocenters. The summed E-state index contributed by atoms with van der Waals surface area (Å²) in [4.78, 5) is 34.1. The fourth-order valence-electron chi connectivity index (χ4n) is 4.80. The summed E-state index contributed by atoms with van der Waals surface area (Å²) in [5.41, 5.74) is 3.73. The van der Waals surface area contributed by atoms with E-state index in [2.05, 4.69) is 0 Å². The smallest absolute Gasteiger partial charge is 0.271 e. The standard InChI is InChI=1S/C29H27N3O3S/c1-17-25(18(2)33)27(26-22-9-7-6-8-20(22)12-15-23(26)35-5)32-28(34)24(36-29(32)30-17)16-19-10-13-21(14-11-19)31(3)4/h6-16,27H,1-5H3/t27-/m0/s1. The van der Waals surface area contributed by atoms with Gasteiger partial charge in [-0.3, -0.25) is 14.2 Å². The van der Waals surface area contributed by atoms with Crippen LogP contribution < -0.4 is 24.5 Å². The summed E-state index contributed by atoms with van der Waals surface area (Å²) in [6.07, 6.45) is 1.88. The fraction of sp³-hybridized carbons (Fsp3) is 0.207. The number of carbonyl (C=O) groups excluding carboxylic acids is 1. The number of benzene rings is 3. The molecule has 2 heterocycles. The van der Waals surface area contributed by atoms with Crippen LogP contribution in [-0.4, -0.2) is 31.6 Å². The fourth-order valence-corrected chi connectivity index (χ4v) is 5.85. The number of ketones is 1. The molecule has 7 heteroatoms. The number of aromatic nitrogens is 1. The molecule has 0 spiro atoms. The average Bonchev–Trinajstić information content (AvgIpc) is 3.16. The number of Topliss-reactive ketones (excluding diaryl/α,β-unsaturated/α-hetero) is 1. The summed E-state index contributed by atoms with van der Waals surface area (Å²) in [5, 5.41) is 1.94. The summed E-state index contributed by atoms with van der Waals surface area (Å²) in [7, 11) is 5.59. The summed E-state index contributed by atoms with van der Waals surface area (Å²) in [6, 6.07) is 19.2. The maximum Gasteiger partial charge on any atom is 0.271 e. The second-order valence-corrected chi connectivity index (χ2v) is 10.0. The minimum atomic E-state index is -0.641. The average molecular weight is 498 g/mol. The highest BCUT2D eigenvalue weighted by atomic mass is 32.1. The molecule has 0 radical (unpaired) electrons. The Bertz CT molecular complexity index is 1710. The SMILES string of the molecule is COc1ccc2ccccc2c1[C@@H]1C(C(C)=O)=C(C)N=c2sc(=Cc3ccc(N(C)C)cc3)c(=O)n21. The van der Waals surface area contributed by atoms with Crippen LogP contribution in [0.5, 0.6) is 5.75 Å². The Morgan fingerprint density at radius 1 is 1.08 bits per heavy atom. The first-order valence-corrected chi connectivity index (χ1v) is 12.5. The van der Waals surface area contributed by atoms with Gasteiger partial charge in [-0.2, -0.15) is 0 Å².